The van der Waals surface area contributed by atoms with Gasteiger partial charge in [-0.15, -0.1) is 0 Å². The van der Waals surface area contributed by atoms with Gasteiger partial charge in [0.15, 0.2) is 10.9 Å². The van der Waals surface area contributed by atoms with Gasteiger partial charge in [0.25, 0.3) is 0 Å². The Bertz CT molecular complexity index is 1100. The molecule has 0 bridgehead atoms. The van der Waals surface area contributed by atoms with Crippen molar-refractivity contribution in [1.29, 1.82) is 0 Å². The van der Waals surface area contributed by atoms with Gasteiger partial charge < -0.3 is 14.4 Å². The summed E-state index contributed by atoms with van der Waals surface area (Å²) < 4.78 is 7.26. The minimum absolute atomic E-state index is 0.0187. The molecule has 3 aromatic rings. The molecular formula is C23H26N2O4S. The van der Waals surface area contributed by atoms with Crippen LogP contribution in [0.2, 0.25) is 0 Å². The van der Waals surface area contributed by atoms with E-state index < -0.39 is 17.4 Å². The second-order valence-electron chi connectivity index (χ2n) is 8.23. The number of carboxylic acid groups (broad SMARTS) is 1. The van der Waals surface area contributed by atoms with Gasteiger partial charge in [0.2, 0.25) is 0 Å². The standard InChI is InChI=1S/C23H26N2O4S/c1-14(26)15-10-11-19(29-5)16(12-15)13-30-22-24-17-8-6-7-9-18(17)25(22)20(21(27)28)23(2,3)4/h6-12,20H,13H2,1-5H3,(H,27,28). The number of hydrogen-bond donors (Lipinski definition) is 1. The van der Waals surface area contributed by atoms with Crippen molar-refractivity contribution in [2.75, 3.05) is 7.11 Å². The van der Waals surface area contributed by atoms with Crippen LogP contribution >= 0.6 is 11.8 Å². The minimum atomic E-state index is -0.899. The molecule has 158 valence electrons. The zero-order valence-corrected chi connectivity index (χ0v) is 18.6. The smallest absolute Gasteiger partial charge is 0.327 e. The van der Waals surface area contributed by atoms with E-state index in [-0.39, 0.29) is 5.78 Å². The van der Waals surface area contributed by atoms with E-state index in [1.165, 1.54) is 18.7 Å². The maximum absolute atomic E-state index is 12.2. The van der Waals surface area contributed by atoms with Gasteiger partial charge in [0.05, 0.1) is 18.1 Å². The lowest BCUT2D eigenvalue weighted by molar-refractivity contribution is -0.144. The number of aliphatic carboxylic acids is 1. The fourth-order valence-corrected chi connectivity index (χ4v) is 4.51. The molecule has 7 heteroatoms. The summed E-state index contributed by atoms with van der Waals surface area (Å²) >= 11 is 1.43. The average Bonchev–Trinajstić information content (AvgIpc) is 3.02. The molecule has 0 fully saturated rings. The summed E-state index contributed by atoms with van der Waals surface area (Å²) in [5, 5.41) is 10.6. The summed E-state index contributed by atoms with van der Waals surface area (Å²) in [6, 6.07) is 12.1. The molecule has 2 aromatic carbocycles. The van der Waals surface area contributed by atoms with Crippen molar-refractivity contribution in [2.45, 2.75) is 44.6 Å². The number of nitrogens with zero attached hydrogens (tertiary/aromatic N) is 2. The average molecular weight is 427 g/mol. The van der Waals surface area contributed by atoms with Gasteiger partial charge in [-0.25, -0.2) is 9.78 Å². The quantitative estimate of drug-likeness (QED) is 0.412. The first-order valence-electron chi connectivity index (χ1n) is 9.64. The lowest BCUT2D eigenvalue weighted by Crippen LogP contribution is -2.31. The second-order valence-corrected chi connectivity index (χ2v) is 9.17. The predicted molar refractivity (Wildman–Crippen MR) is 118 cm³/mol. The van der Waals surface area contributed by atoms with Crippen molar-refractivity contribution >= 4 is 34.5 Å². The number of carbonyl (C=O) groups is 2. The van der Waals surface area contributed by atoms with Crippen molar-refractivity contribution in [1.82, 2.24) is 9.55 Å². The van der Waals surface area contributed by atoms with Crippen LogP contribution < -0.4 is 4.74 Å². The third-order valence-electron chi connectivity index (χ3n) is 4.92. The highest BCUT2D eigenvalue weighted by atomic mass is 32.2. The summed E-state index contributed by atoms with van der Waals surface area (Å²) in [7, 11) is 1.59. The Balaban J connectivity index is 2.07. The Hall–Kier alpha value is -2.80. The van der Waals surface area contributed by atoms with E-state index in [0.717, 1.165) is 16.6 Å². The van der Waals surface area contributed by atoms with Crippen molar-refractivity contribution in [2.24, 2.45) is 5.41 Å². The molecule has 1 heterocycles. The van der Waals surface area contributed by atoms with Crippen LogP contribution in [0.15, 0.2) is 47.6 Å². The molecule has 3 rings (SSSR count). The number of para-hydroxylation sites is 2. The van der Waals surface area contributed by atoms with Crippen LogP contribution in [0.5, 0.6) is 5.75 Å². The number of carboxylic acids is 1. The molecule has 1 unspecified atom stereocenters. The number of ketones is 1. The Labute approximate surface area is 180 Å². The number of Topliss-reactive ketones (excluding diaryl/α,β-unsaturated/α-hetero) is 1. The van der Waals surface area contributed by atoms with Crippen LogP contribution in [0.3, 0.4) is 0 Å². The number of fused-ring (bicyclic) bond motifs is 1. The van der Waals surface area contributed by atoms with E-state index in [0.29, 0.717) is 22.2 Å². The first-order chi connectivity index (χ1) is 14.1. The summed E-state index contributed by atoms with van der Waals surface area (Å²) in [4.78, 5) is 28.7. The van der Waals surface area contributed by atoms with E-state index >= 15 is 0 Å². The highest BCUT2D eigenvalue weighted by Crippen LogP contribution is 2.38. The molecule has 30 heavy (non-hydrogen) atoms. The number of methoxy groups -OCH3 is 1. The second kappa shape index (κ2) is 8.52. The van der Waals surface area contributed by atoms with Gasteiger partial charge in [0, 0.05) is 16.9 Å². The highest BCUT2D eigenvalue weighted by molar-refractivity contribution is 7.98. The van der Waals surface area contributed by atoms with Gasteiger partial charge in [-0.05, 0) is 42.7 Å². The number of ether oxygens (including phenoxy) is 1. The molecule has 1 N–H and O–H groups in total. The highest BCUT2D eigenvalue weighted by Gasteiger charge is 2.35. The van der Waals surface area contributed by atoms with E-state index in [2.05, 4.69) is 0 Å². The third-order valence-corrected chi connectivity index (χ3v) is 5.92. The third kappa shape index (κ3) is 4.36. The Morgan fingerprint density at radius 3 is 2.50 bits per heavy atom. The van der Waals surface area contributed by atoms with E-state index in [4.69, 9.17) is 9.72 Å². The van der Waals surface area contributed by atoms with Crippen LogP contribution in [-0.2, 0) is 10.5 Å². The van der Waals surface area contributed by atoms with E-state index in [1.54, 1.807) is 19.2 Å². The minimum Gasteiger partial charge on any atom is -0.496 e. The first-order valence-corrected chi connectivity index (χ1v) is 10.6. The molecular weight excluding hydrogens is 400 g/mol. The van der Waals surface area contributed by atoms with E-state index in [1.807, 2.05) is 55.7 Å². The largest absolute Gasteiger partial charge is 0.496 e. The van der Waals surface area contributed by atoms with Crippen molar-refractivity contribution in [3.8, 4) is 5.75 Å². The summed E-state index contributed by atoms with van der Waals surface area (Å²) in [5.74, 6) is 0.253. The number of aromatic nitrogens is 2. The van der Waals surface area contributed by atoms with Crippen LogP contribution in [0.1, 0.15) is 49.7 Å². The molecule has 0 spiro atoms. The molecule has 0 aliphatic carbocycles. The zero-order chi connectivity index (χ0) is 22.1. The fourth-order valence-electron chi connectivity index (χ4n) is 3.49. The maximum Gasteiger partial charge on any atom is 0.327 e. The topological polar surface area (TPSA) is 81.4 Å². The monoisotopic (exact) mass is 426 g/mol. The summed E-state index contributed by atoms with van der Waals surface area (Å²) in [6.07, 6.45) is 0. The van der Waals surface area contributed by atoms with Crippen molar-refractivity contribution < 1.29 is 19.4 Å². The molecule has 0 saturated carbocycles. The molecule has 1 aromatic heterocycles. The molecule has 6 nitrogen and oxygen atoms in total. The summed E-state index contributed by atoms with van der Waals surface area (Å²) in [6.45, 7) is 7.26. The number of thioether (sulfide) groups is 1. The normalized spacial score (nSPS) is 12.7. The Morgan fingerprint density at radius 2 is 1.90 bits per heavy atom. The molecule has 0 aliphatic heterocycles. The van der Waals surface area contributed by atoms with Crippen LogP contribution in [0.25, 0.3) is 11.0 Å². The van der Waals surface area contributed by atoms with Gasteiger partial charge in [-0.2, -0.15) is 0 Å². The predicted octanol–water partition coefficient (Wildman–Crippen LogP) is 5.21. The number of hydrogen-bond acceptors (Lipinski definition) is 5. The Morgan fingerprint density at radius 1 is 1.20 bits per heavy atom. The number of rotatable bonds is 7. The Kier molecular flexibility index (Phi) is 6.22. The van der Waals surface area contributed by atoms with Gasteiger partial charge in [-0.1, -0.05) is 44.7 Å². The lowest BCUT2D eigenvalue weighted by Gasteiger charge is -2.29. The number of benzene rings is 2. The van der Waals surface area contributed by atoms with E-state index in [9.17, 15) is 14.7 Å². The van der Waals surface area contributed by atoms with Gasteiger partial charge in [0.1, 0.15) is 11.8 Å². The number of imidazole rings is 1. The molecule has 0 radical (unpaired) electrons. The summed E-state index contributed by atoms with van der Waals surface area (Å²) in [5.41, 5.74) is 2.48. The van der Waals surface area contributed by atoms with Crippen molar-refractivity contribution in [3.05, 3.63) is 53.6 Å². The van der Waals surface area contributed by atoms with Crippen LogP contribution in [0.4, 0.5) is 0 Å². The lowest BCUT2D eigenvalue weighted by atomic mass is 9.86. The maximum atomic E-state index is 12.2. The van der Waals surface area contributed by atoms with Crippen molar-refractivity contribution in [3.63, 3.8) is 0 Å². The first kappa shape index (κ1) is 21.9. The number of carbonyl (C=O) groups excluding carboxylic acids is 1. The SMILES string of the molecule is COc1ccc(C(C)=O)cc1CSc1nc2ccccc2n1C(C(=O)O)C(C)(C)C. The zero-order valence-electron chi connectivity index (χ0n) is 17.8. The fraction of sp³-hybridized carbons (Fsp3) is 0.348. The van der Waals surface area contributed by atoms with Gasteiger partial charge in [-0.3, -0.25) is 4.79 Å². The molecule has 0 aliphatic rings. The molecule has 1 atom stereocenters. The van der Waals surface area contributed by atoms with Gasteiger partial charge >= 0.3 is 5.97 Å². The molecule has 0 saturated heterocycles. The molecule has 0 amide bonds. The van der Waals surface area contributed by atoms with Crippen LogP contribution in [0, 0.1) is 5.41 Å². The van der Waals surface area contributed by atoms with Crippen LogP contribution in [-0.4, -0.2) is 33.5 Å².